The molecule has 2 aliphatic heterocycles. The number of alkyl carbamates (subject to hydrolysis) is 1. The van der Waals surface area contributed by atoms with Gasteiger partial charge in [0.05, 0.1) is 12.5 Å². The maximum absolute atomic E-state index is 12.5. The summed E-state index contributed by atoms with van der Waals surface area (Å²) in [7, 11) is 0. The van der Waals surface area contributed by atoms with Crippen LogP contribution in [0, 0.1) is 5.92 Å². The molecule has 2 heterocycles. The Labute approximate surface area is 197 Å². The van der Waals surface area contributed by atoms with Gasteiger partial charge in [0.15, 0.2) is 0 Å². The molecule has 0 unspecified atom stereocenters. The highest BCUT2D eigenvalue weighted by Crippen LogP contribution is 2.44. The van der Waals surface area contributed by atoms with E-state index in [1.165, 1.54) is 11.1 Å². The van der Waals surface area contributed by atoms with Crippen LogP contribution in [-0.2, 0) is 19.1 Å². The Morgan fingerprint density at radius 1 is 1.00 bits per heavy atom. The van der Waals surface area contributed by atoms with Gasteiger partial charge in [-0.05, 0) is 41.5 Å². The molecule has 0 spiro atoms. The van der Waals surface area contributed by atoms with E-state index < -0.39 is 18.0 Å². The number of amides is 2. The molecular weight excluding hydrogens is 436 g/mol. The number of fused-ring (bicyclic) bond motifs is 5. The normalized spacial score (nSPS) is 22.4. The number of hydrogen-bond acceptors (Lipinski definition) is 5. The summed E-state index contributed by atoms with van der Waals surface area (Å²) in [4.78, 5) is 37.8. The van der Waals surface area contributed by atoms with Gasteiger partial charge in [-0.25, -0.2) is 4.79 Å². The van der Waals surface area contributed by atoms with Crippen molar-refractivity contribution in [1.29, 1.82) is 0 Å². The minimum atomic E-state index is -0.835. The molecule has 0 aromatic heterocycles. The zero-order chi connectivity index (χ0) is 23.7. The summed E-state index contributed by atoms with van der Waals surface area (Å²) in [5, 5.41) is 12.0. The molecule has 8 nitrogen and oxygen atoms in total. The first-order chi connectivity index (χ1) is 16.5. The summed E-state index contributed by atoms with van der Waals surface area (Å²) in [5.41, 5.74) is 4.65. The largest absolute Gasteiger partial charge is 0.481 e. The van der Waals surface area contributed by atoms with E-state index in [2.05, 4.69) is 29.6 Å². The number of ether oxygens (including phenoxy) is 2. The average molecular weight is 465 g/mol. The van der Waals surface area contributed by atoms with Crippen molar-refractivity contribution in [3.05, 3.63) is 59.7 Å². The van der Waals surface area contributed by atoms with Crippen LogP contribution in [0.4, 0.5) is 4.79 Å². The zero-order valence-corrected chi connectivity index (χ0v) is 18.8. The minimum Gasteiger partial charge on any atom is -0.481 e. The quantitative estimate of drug-likeness (QED) is 0.582. The second kappa shape index (κ2) is 9.46. The molecule has 178 valence electrons. The summed E-state index contributed by atoms with van der Waals surface area (Å²) in [5.74, 6) is -1.49. The van der Waals surface area contributed by atoms with E-state index in [-0.39, 0.29) is 50.3 Å². The van der Waals surface area contributed by atoms with Gasteiger partial charge in [0.1, 0.15) is 13.2 Å². The standard InChI is InChI=1S/C26H28N2O6/c29-24(28-16-9-10-23(28)21(13-16)25(30)31)15-33-12-11-27-26(32)34-14-22-19-7-3-1-5-17(19)18-6-2-4-8-20(18)22/h1-8,16,21-23H,9-15H2,(H,27,32)(H,30,31)/t16-,21+,23+/m1/s1. The molecule has 3 atom stereocenters. The zero-order valence-electron chi connectivity index (χ0n) is 18.8. The molecule has 2 saturated heterocycles. The molecule has 1 aliphatic carbocycles. The van der Waals surface area contributed by atoms with Gasteiger partial charge in [-0.15, -0.1) is 0 Å². The van der Waals surface area contributed by atoms with E-state index in [0.29, 0.717) is 6.42 Å². The molecule has 2 bridgehead atoms. The molecule has 8 heteroatoms. The number of carbonyl (C=O) groups excluding carboxylic acids is 2. The highest BCUT2D eigenvalue weighted by molar-refractivity contribution is 5.81. The van der Waals surface area contributed by atoms with Crippen LogP contribution in [0.2, 0.25) is 0 Å². The predicted molar refractivity (Wildman–Crippen MR) is 123 cm³/mol. The molecule has 2 aromatic rings. The van der Waals surface area contributed by atoms with Crippen molar-refractivity contribution < 1.29 is 29.0 Å². The second-order valence-corrected chi connectivity index (χ2v) is 9.08. The van der Waals surface area contributed by atoms with Crippen molar-refractivity contribution in [2.24, 2.45) is 5.92 Å². The lowest BCUT2D eigenvalue weighted by Gasteiger charge is -2.23. The summed E-state index contributed by atoms with van der Waals surface area (Å²) < 4.78 is 10.9. The van der Waals surface area contributed by atoms with Crippen LogP contribution in [0.15, 0.2) is 48.5 Å². The number of nitrogens with one attached hydrogen (secondary N) is 1. The van der Waals surface area contributed by atoms with Crippen molar-refractivity contribution in [3.8, 4) is 11.1 Å². The first-order valence-electron chi connectivity index (χ1n) is 11.7. The number of rotatable bonds is 8. The van der Waals surface area contributed by atoms with Crippen molar-refractivity contribution in [1.82, 2.24) is 10.2 Å². The highest BCUT2D eigenvalue weighted by atomic mass is 16.5. The molecule has 2 aromatic carbocycles. The fraction of sp³-hybridized carbons (Fsp3) is 0.423. The van der Waals surface area contributed by atoms with Crippen LogP contribution in [-0.4, -0.2) is 66.4 Å². The van der Waals surface area contributed by atoms with Crippen LogP contribution < -0.4 is 5.32 Å². The Morgan fingerprint density at radius 3 is 2.32 bits per heavy atom. The Bertz CT molecular complexity index is 1060. The van der Waals surface area contributed by atoms with E-state index in [4.69, 9.17) is 9.47 Å². The van der Waals surface area contributed by atoms with Crippen molar-refractivity contribution in [2.75, 3.05) is 26.4 Å². The molecule has 3 aliphatic rings. The first kappa shape index (κ1) is 22.4. The fourth-order valence-electron chi connectivity index (χ4n) is 5.75. The summed E-state index contributed by atoms with van der Waals surface area (Å²) >= 11 is 0. The number of carbonyl (C=O) groups is 3. The smallest absolute Gasteiger partial charge is 0.407 e. The second-order valence-electron chi connectivity index (χ2n) is 9.08. The number of aliphatic carboxylic acids is 1. The maximum atomic E-state index is 12.5. The molecule has 0 saturated carbocycles. The third-order valence-electron chi connectivity index (χ3n) is 7.23. The molecule has 5 rings (SSSR count). The van der Waals surface area contributed by atoms with Gasteiger partial charge in [0.25, 0.3) is 0 Å². The van der Waals surface area contributed by atoms with Gasteiger partial charge in [-0.2, -0.15) is 0 Å². The molecule has 2 N–H and O–H groups in total. The van der Waals surface area contributed by atoms with E-state index in [9.17, 15) is 19.5 Å². The Balaban J connectivity index is 1.04. The average Bonchev–Trinajstić information content (AvgIpc) is 3.52. The van der Waals surface area contributed by atoms with Gasteiger partial charge in [-0.3, -0.25) is 9.59 Å². The monoisotopic (exact) mass is 464 g/mol. The maximum Gasteiger partial charge on any atom is 0.407 e. The topological polar surface area (TPSA) is 105 Å². The number of benzene rings is 2. The Morgan fingerprint density at radius 2 is 1.68 bits per heavy atom. The Hall–Kier alpha value is -3.39. The SMILES string of the molecule is O=C(NCCOCC(=O)N1[C@@H]2CC[C@H]1[C@@H](C(=O)O)C2)OCC1c2ccccc2-c2ccccc21. The molecule has 2 amide bonds. The number of carboxylic acids is 1. The fourth-order valence-corrected chi connectivity index (χ4v) is 5.75. The first-order valence-corrected chi connectivity index (χ1v) is 11.7. The van der Waals surface area contributed by atoms with Gasteiger partial charge in [0.2, 0.25) is 5.91 Å². The van der Waals surface area contributed by atoms with Crippen LogP contribution in [0.1, 0.15) is 36.3 Å². The van der Waals surface area contributed by atoms with Crippen molar-refractivity contribution >= 4 is 18.0 Å². The van der Waals surface area contributed by atoms with Crippen molar-refractivity contribution in [2.45, 2.75) is 37.3 Å². The Kier molecular flexibility index (Phi) is 6.24. The van der Waals surface area contributed by atoms with Crippen LogP contribution in [0.3, 0.4) is 0 Å². The lowest BCUT2D eigenvalue weighted by Crippen LogP contribution is -2.40. The summed E-state index contributed by atoms with van der Waals surface area (Å²) in [6.07, 6.45) is 1.58. The molecule has 2 fully saturated rings. The third-order valence-corrected chi connectivity index (χ3v) is 7.23. The van der Waals surface area contributed by atoms with Crippen LogP contribution in [0.25, 0.3) is 11.1 Å². The summed E-state index contributed by atoms with van der Waals surface area (Å²) in [6, 6.07) is 16.1. The van der Waals surface area contributed by atoms with E-state index in [1.807, 2.05) is 24.3 Å². The predicted octanol–water partition coefficient (Wildman–Crippen LogP) is 3.01. The number of nitrogens with zero attached hydrogens (tertiary/aromatic N) is 1. The van der Waals surface area contributed by atoms with Gasteiger partial charge in [0, 0.05) is 24.5 Å². The lowest BCUT2D eigenvalue weighted by molar-refractivity contribution is -0.143. The third kappa shape index (κ3) is 4.14. The molecular formula is C26H28N2O6. The lowest BCUT2D eigenvalue weighted by atomic mass is 9.89. The summed E-state index contributed by atoms with van der Waals surface area (Å²) in [6.45, 7) is 0.503. The molecule has 0 radical (unpaired) electrons. The van der Waals surface area contributed by atoms with Gasteiger partial charge >= 0.3 is 12.1 Å². The van der Waals surface area contributed by atoms with Crippen molar-refractivity contribution in [3.63, 3.8) is 0 Å². The van der Waals surface area contributed by atoms with Gasteiger partial charge < -0.3 is 24.8 Å². The van der Waals surface area contributed by atoms with Crippen LogP contribution >= 0.6 is 0 Å². The highest BCUT2D eigenvalue weighted by Gasteiger charge is 2.51. The van der Waals surface area contributed by atoms with E-state index >= 15 is 0 Å². The van der Waals surface area contributed by atoms with Gasteiger partial charge in [-0.1, -0.05) is 48.5 Å². The van der Waals surface area contributed by atoms with Crippen LogP contribution in [0.5, 0.6) is 0 Å². The van der Waals surface area contributed by atoms with E-state index in [0.717, 1.165) is 24.0 Å². The molecule has 34 heavy (non-hydrogen) atoms. The van der Waals surface area contributed by atoms with E-state index in [1.54, 1.807) is 4.90 Å². The number of carboxylic acid groups (broad SMARTS) is 1. The number of hydrogen-bond donors (Lipinski definition) is 2. The minimum absolute atomic E-state index is 0.00107.